The summed E-state index contributed by atoms with van der Waals surface area (Å²) in [4.78, 5) is 5.20. The van der Waals surface area contributed by atoms with Crippen molar-refractivity contribution in [2.24, 2.45) is 10.1 Å². The molecule has 24 heavy (non-hydrogen) atoms. The van der Waals surface area contributed by atoms with Gasteiger partial charge in [-0.25, -0.2) is 4.68 Å². The number of rotatable bonds is 7. The standard InChI is InChI=1S/C18H25N3O2S/c1-6-7-8-13(2)20-21-16(12-24-18(21)19-3)15-11-14(22-4)9-10-17(15)23-5/h9-12H,6-8H2,1-5H3. The van der Waals surface area contributed by atoms with E-state index in [2.05, 4.69) is 24.2 Å². The predicted molar refractivity (Wildman–Crippen MR) is 100 cm³/mol. The Morgan fingerprint density at radius 2 is 2.04 bits per heavy atom. The maximum Gasteiger partial charge on any atom is 0.205 e. The average Bonchev–Trinajstić information content (AvgIpc) is 3.01. The number of nitrogens with zero attached hydrogens (tertiary/aromatic N) is 3. The summed E-state index contributed by atoms with van der Waals surface area (Å²) in [5.74, 6) is 1.57. The normalized spacial score (nSPS) is 12.5. The second kappa shape index (κ2) is 8.68. The van der Waals surface area contributed by atoms with Crippen molar-refractivity contribution in [2.75, 3.05) is 21.3 Å². The Kier molecular flexibility index (Phi) is 6.61. The Bertz CT molecular complexity index is 775. The van der Waals surface area contributed by atoms with Crippen molar-refractivity contribution in [3.8, 4) is 22.8 Å². The SMILES string of the molecule is CCCCC(C)=Nn1c(-c2cc(OC)ccc2OC)csc1=NC. The summed E-state index contributed by atoms with van der Waals surface area (Å²) in [6.45, 7) is 4.25. The first-order chi connectivity index (χ1) is 11.6. The summed E-state index contributed by atoms with van der Waals surface area (Å²) in [6, 6.07) is 5.76. The van der Waals surface area contributed by atoms with Crippen LogP contribution in [0.4, 0.5) is 0 Å². The van der Waals surface area contributed by atoms with Gasteiger partial charge in [0.2, 0.25) is 4.80 Å². The molecule has 0 spiro atoms. The summed E-state index contributed by atoms with van der Waals surface area (Å²) in [5, 5.41) is 6.84. The lowest BCUT2D eigenvalue weighted by Crippen LogP contribution is -2.13. The first-order valence-electron chi connectivity index (χ1n) is 8.04. The van der Waals surface area contributed by atoms with Gasteiger partial charge in [0.15, 0.2) is 0 Å². The van der Waals surface area contributed by atoms with Gasteiger partial charge in [-0.1, -0.05) is 13.3 Å². The van der Waals surface area contributed by atoms with E-state index in [-0.39, 0.29) is 0 Å². The van der Waals surface area contributed by atoms with Crippen LogP contribution in [0, 0.1) is 0 Å². The summed E-state index contributed by atoms with van der Waals surface area (Å²) >= 11 is 1.56. The van der Waals surface area contributed by atoms with Crippen LogP contribution in [0.15, 0.2) is 33.7 Å². The van der Waals surface area contributed by atoms with E-state index in [4.69, 9.17) is 14.6 Å². The summed E-state index contributed by atoms with van der Waals surface area (Å²) in [5.41, 5.74) is 2.98. The molecule has 0 saturated heterocycles. The second-order valence-electron chi connectivity index (χ2n) is 5.44. The summed E-state index contributed by atoms with van der Waals surface area (Å²) in [7, 11) is 5.11. The molecule has 0 aliphatic rings. The molecule has 0 amide bonds. The molecular formula is C18H25N3O2S. The van der Waals surface area contributed by atoms with Gasteiger partial charge in [-0.3, -0.25) is 4.99 Å². The highest BCUT2D eigenvalue weighted by Crippen LogP contribution is 2.33. The van der Waals surface area contributed by atoms with Crippen LogP contribution in [0.25, 0.3) is 11.3 Å². The predicted octanol–water partition coefficient (Wildman–Crippen LogP) is 4.18. The third kappa shape index (κ3) is 4.06. The molecule has 130 valence electrons. The Hall–Kier alpha value is -2.08. The van der Waals surface area contributed by atoms with E-state index in [9.17, 15) is 0 Å². The lowest BCUT2D eigenvalue weighted by Gasteiger charge is -2.11. The highest BCUT2D eigenvalue weighted by molar-refractivity contribution is 7.07. The number of hydrogen-bond donors (Lipinski definition) is 0. The van der Waals surface area contributed by atoms with E-state index >= 15 is 0 Å². The van der Waals surface area contributed by atoms with E-state index in [0.29, 0.717) is 0 Å². The molecule has 5 nitrogen and oxygen atoms in total. The number of hydrogen-bond acceptors (Lipinski definition) is 5. The van der Waals surface area contributed by atoms with Gasteiger partial charge in [0.1, 0.15) is 11.5 Å². The fourth-order valence-electron chi connectivity index (χ4n) is 2.40. The molecule has 6 heteroatoms. The minimum absolute atomic E-state index is 0.783. The van der Waals surface area contributed by atoms with E-state index < -0.39 is 0 Å². The zero-order chi connectivity index (χ0) is 17.5. The van der Waals surface area contributed by atoms with Gasteiger partial charge in [0.25, 0.3) is 0 Å². The molecular weight excluding hydrogens is 322 g/mol. The third-order valence-electron chi connectivity index (χ3n) is 3.72. The maximum atomic E-state index is 5.52. The average molecular weight is 347 g/mol. The molecule has 0 N–H and O–H groups in total. The van der Waals surface area contributed by atoms with Gasteiger partial charge in [0, 0.05) is 23.7 Å². The fourth-order valence-corrected chi connectivity index (χ4v) is 3.19. The molecule has 0 fully saturated rings. The maximum absolute atomic E-state index is 5.52. The molecule has 0 aliphatic heterocycles. The van der Waals surface area contributed by atoms with Crippen LogP contribution < -0.4 is 14.3 Å². The number of unbranched alkanes of at least 4 members (excludes halogenated alkanes) is 1. The van der Waals surface area contributed by atoms with Crippen LogP contribution in [-0.4, -0.2) is 31.7 Å². The van der Waals surface area contributed by atoms with Crippen LogP contribution in [0.1, 0.15) is 33.1 Å². The minimum Gasteiger partial charge on any atom is -0.497 e. The van der Waals surface area contributed by atoms with E-state index in [1.54, 1.807) is 32.6 Å². The molecule has 0 aliphatic carbocycles. The van der Waals surface area contributed by atoms with Gasteiger partial charge >= 0.3 is 0 Å². The van der Waals surface area contributed by atoms with Gasteiger partial charge < -0.3 is 9.47 Å². The van der Waals surface area contributed by atoms with Crippen LogP contribution in [-0.2, 0) is 0 Å². The Morgan fingerprint density at radius 1 is 1.25 bits per heavy atom. The van der Waals surface area contributed by atoms with Gasteiger partial charge in [0.05, 0.1) is 19.9 Å². The first-order valence-corrected chi connectivity index (χ1v) is 8.92. The lowest BCUT2D eigenvalue weighted by molar-refractivity contribution is 0.404. The monoisotopic (exact) mass is 347 g/mol. The van der Waals surface area contributed by atoms with E-state index in [1.807, 2.05) is 22.9 Å². The fraction of sp³-hybridized carbons (Fsp3) is 0.444. The van der Waals surface area contributed by atoms with Crippen molar-refractivity contribution < 1.29 is 9.47 Å². The molecule has 2 rings (SSSR count). The highest BCUT2D eigenvalue weighted by Gasteiger charge is 2.14. The largest absolute Gasteiger partial charge is 0.497 e. The van der Waals surface area contributed by atoms with Crippen LogP contribution in [0.3, 0.4) is 0 Å². The van der Waals surface area contributed by atoms with Gasteiger partial charge in [-0.15, -0.1) is 11.3 Å². The molecule has 0 atom stereocenters. The third-order valence-corrected chi connectivity index (χ3v) is 4.63. The quantitative estimate of drug-likeness (QED) is 0.706. The zero-order valence-corrected chi connectivity index (χ0v) is 15.8. The number of aromatic nitrogens is 1. The van der Waals surface area contributed by atoms with Crippen molar-refractivity contribution in [3.05, 3.63) is 28.4 Å². The molecule has 0 bridgehead atoms. The van der Waals surface area contributed by atoms with E-state index in [0.717, 1.165) is 52.5 Å². The second-order valence-corrected chi connectivity index (χ2v) is 6.28. The molecule has 1 aromatic heterocycles. The topological polar surface area (TPSA) is 48.1 Å². The molecule has 1 aromatic carbocycles. The Morgan fingerprint density at radius 3 is 2.67 bits per heavy atom. The highest BCUT2D eigenvalue weighted by atomic mass is 32.1. The van der Waals surface area contributed by atoms with Crippen LogP contribution in [0.2, 0.25) is 0 Å². The van der Waals surface area contributed by atoms with Gasteiger partial charge in [-0.2, -0.15) is 5.10 Å². The lowest BCUT2D eigenvalue weighted by atomic mass is 10.1. The smallest absolute Gasteiger partial charge is 0.205 e. The molecule has 1 heterocycles. The molecule has 0 saturated carbocycles. The van der Waals surface area contributed by atoms with Gasteiger partial charge in [-0.05, 0) is 38.0 Å². The van der Waals surface area contributed by atoms with E-state index in [1.165, 1.54) is 0 Å². The van der Waals surface area contributed by atoms with Crippen molar-refractivity contribution >= 4 is 17.0 Å². The van der Waals surface area contributed by atoms with Crippen molar-refractivity contribution in [1.29, 1.82) is 0 Å². The Balaban J connectivity index is 2.58. The molecule has 0 radical (unpaired) electrons. The van der Waals surface area contributed by atoms with Crippen molar-refractivity contribution in [3.63, 3.8) is 0 Å². The van der Waals surface area contributed by atoms with Crippen LogP contribution in [0.5, 0.6) is 11.5 Å². The minimum atomic E-state index is 0.783. The van der Waals surface area contributed by atoms with Crippen LogP contribution >= 0.6 is 11.3 Å². The summed E-state index contributed by atoms with van der Waals surface area (Å²) < 4.78 is 12.8. The Labute approximate surface area is 147 Å². The number of ether oxygens (including phenoxy) is 2. The number of methoxy groups -OCH3 is 2. The van der Waals surface area contributed by atoms with Crippen molar-refractivity contribution in [2.45, 2.75) is 33.1 Å². The summed E-state index contributed by atoms with van der Waals surface area (Å²) in [6.07, 6.45) is 3.27. The first kappa shape index (κ1) is 18.3. The van der Waals surface area contributed by atoms with Crippen molar-refractivity contribution in [1.82, 2.24) is 4.68 Å². The zero-order valence-electron chi connectivity index (χ0n) is 15.0. The molecule has 2 aromatic rings. The molecule has 0 unspecified atom stereocenters. The number of benzene rings is 1. The number of thiazole rings is 1.